The van der Waals surface area contributed by atoms with Gasteiger partial charge in [-0.15, -0.1) is 0 Å². The van der Waals surface area contributed by atoms with Crippen molar-refractivity contribution in [2.75, 3.05) is 13.2 Å². The van der Waals surface area contributed by atoms with Gasteiger partial charge in [0.05, 0.1) is 25.6 Å². The van der Waals surface area contributed by atoms with Crippen molar-refractivity contribution in [2.24, 2.45) is 0 Å². The van der Waals surface area contributed by atoms with Crippen LogP contribution in [0.25, 0.3) is 11.1 Å². The third-order valence-corrected chi connectivity index (χ3v) is 4.58. The van der Waals surface area contributed by atoms with Gasteiger partial charge in [0.15, 0.2) is 5.69 Å². The SMILES string of the molecule is O=C(OCc1cccc(-c2cccnc2)c1)c1cnc(OC2CCOCC2)cn1. The van der Waals surface area contributed by atoms with Gasteiger partial charge in [-0.3, -0.25) is 4.98 Å². The summed E-state index contributed by atoms with van der Waals surface area (Å²) in [5.74, 6) is -0.125. The summed E-state index contributed by atoms with van der Waals surface area (Å²) in [6.45, 7) is 1.52. The van der Waals surface area contributed by atoms with Gasteiger partial charge in [-0.25, -0.2) is 14.8 Å². The van der Waals surface area contributed by atoms with E-state index in [1.807, 2.05) is 36.4 Å². The largest absolute Gasteiger partial charge is 0.473 e. The second kappa shape index (κ2) is 9.25. The minimum absolute atomic E-state index is 0.0722. The van der Waals surface area contributed by atoms with Crippen LogP contribution >= 0.6 is 0 Å². The summed E-state index contributed by atoms with van der Waals surface area (Å²) >= 11 is 0. The fourth-order valence-electron chi connectivity index (χ4n) is 3.04. The molecular weight excluding hydrogens is 370 g/mol. The second-order valence-corrected chi connectivity index (χ2v) is 6.69. The monoisotopic (exact) mass is 391 g/mol. The van der Waals surface area contributed by atoms with Crippen molar-refractivity contribution >= 4 is 5.97 Å². The van der Waals surface area contributed by atoms with Gasteiger partial charge in [-0.1, -0.05) is 24.3 Å². The molecule has 4 rings (SSSR count). The molecule has 2 aromatic heterocycles. The third-order valence-electron chi connectivity index (χ3n) is 4.58. The van der Waals surface area contributed by atoms with Gasteiger partial charge in [-0.05, 0) is 28.8 Å². The van der Waals surface area contributed by atoms with Crippen molar-refractivity contribution in [2.45, 2.75) is 25.6 Å². The highest BCUT2D eigenvalue weighted by Gasteiger charge is 2.17. The van der Waals surface area contributed by atoms with E-state index in [9.17, 15) is 4.79 Å². The average molecular weight is 391 g/mol. The summed E-state index contributed by atoms with van der Waals surface area (Å²) in [5.41, 5.74) is 3.05. The number of nitrogens with zero attached hydrogens (tertiary/aromatic N) is 3. The summed E-state index contributed by atoms with van der Waals surface area (Å²) in [6.07, 6.45) is 8.08. The second-order valence-electron chi connectivity index (χ2n) is 6.69. The van der Waals surface area contributed by atoms with E-state index in [2.05, 4.69) is 15.0 Å². The van der Waals surface area contributed by atoms with Crippen LogP contribution in [0.3, 0.4) is 0 Å². The van der Waals surface area contributed by atoms with E-state index in [0.29, 0.717) is 19.1 Å². The lowest BCUT2D eigenvalue weighted by Gasteiger charge is -2.22. The number of aromatic nitrogens is 3. The molecule has 0 spiro atoms. The Labute approximate surface area is 168 Å². The van der Waals surface area contributed by atoms with Crippen LogP contribution in [0, 0.1) is 0 Å². The summed E-state index contributed by atoms with van der Waals surface area (Å²) < 4.78 is 16.4. The van der Waals surface area contributed by atoms with Crippen LogP contribution < -0.4 is 4.74 Å². The highest BCUT2D eigenvalue weighted by molar-refractivity contribution is 5.86. The van der Waals surface area contributed by atoms with E-state index in [1.165, 1.54) is 12.4 Å². The van der Waals surface area contributed by atoms with Gasteiger partial charge in [0.1, 0.15) is 12.7 Å². The molecule has 0 radical (unpaired) electrons. The van der Waals surface area contributed by atoms with Crippen LogP contribution in [-0.4, -0.2) is 40.2 Å². The highest BCUT2D eigenvalue weighted by Crippen LogP contribution is 2.20. The van der Waals surface area contributed by atoms with E-state index in [1.54, 1.807) is 12.4 Å². The highest BCUT2D eigenvalue weighted by atomic mass is 16.5. The topological polar surface area (TPSA) is 83.4 Å². The first kappa shape index (κ1) is 19.0. The molecule has 3 heterocycles. The Hall–Kier alpha value is -3.32. The number of hydrogen-bond donors (Lipinski definition) is 0. The zero-order valence-electron chi connectivity index (χ0n) is 15.9. The van der Waals surface area contributed by atoms with E-state index in [0.717, 1.165) is 29.5 Å². The Bertz CT molecular complexity index is 942. The van der Waals surface area contributed by atoms with Crippen molar-refractivity contribution < 1.29 is 19.0 Å². The Balaban J connectivity index is 1.34. The first-order valence-electron chi connectivity index (χ1n) is 9.51. The van der Waals surface area contributed by atoms with Crippen LogP contribution in [0.2, 0.25) is 0 Å². The van der Waals surface area contributed by atoms with Crippen LogP contribution in [0.4, 0.5) is 0 Å². The molecule has 0 unspecified atom stereocenters. The minimum Gasteiger partial charge on any atom is -0.473 e. The Morgan fingerprint density at radius 2 is 1.90 bits per heavy atom. The van der Waals surface area contributed by atoms with Crippen molar-refractivity contribution in [3.05, 3.63) is 72.4 Å². The number of ether oxygens (including phenoxy) is 3. The first-order valence-corrected chi connectivity index (χ1v) is 9.51. The Kier molecular flexibility index (Phi) is 6.07. The Morgan fingerprint density at radius 1 is 1.03 bits per heavy atom. The standard InChI is InChI=1S/C22H21N3O4/c26-22(20-13-25-21(14-24-20)29-19-6-9-27-10-7-19)28-15-16-3-1-4-17(11-16)18-5-2-8-23-12-18/h1-5,8,11-14,19H,6-7,9-10,15H2. The van der Waals surface area contributed by atoms with Gasteiger partial charge in [-0.2, -0.15) is 0 Å². The zero-order chi connectivity index (χ0) is 19.9. The van der Waals surface area contributed by atoms with Crippen molar-refractivity contribution in [1.29, 1.82) is 0 Å². The fourth-order valence-corrected chi connectivity index (χ4v) is 3.04. The number of carbonyl (C=O) groups is 1. The molecule has 1 saturated heterocycles. The maximum atomic E-state index is 12.3. The molecule has 0 saturated carbocycles. The quantitative estimate of drug-likeness (QED) is 0.595. The van der Waals surface area contributed by atoms with Crippen LogP contribution in [0.15, 0.2) is 61.2 Å². The lowest BCUT2D eigenvalue weighted by Crippen LogP contribution is -2.26. The number of carbonyl (C=O) groups excluding carboxylic acids is 1. The molecule has 7 heteroatoms. The van der Waals surface area contributed by atoms with Crippen molar-refractivity contribution in [3.8, 4) is 17.0 Å². The lowest BCUT2D eigenvalue weighted by molar-refractivity contribution is 0.0235. The van der Waals surface area contributed by atoms with E-state index < -0.39 is 5.97 Å². The smallest absolute Gasteiger partial charge is 0.358 e. The molecule has 1 aliphatic rings. The average Bonchev–Trinajstić information content (AvgIpc) is 2.79. The molecule has 1 aliphatic heterocycles. The molecule has 29 heavy (non-hydrogen) atoms. The first-order chi connectivity index (χ1) is 14.3. The lowest BCUT2D eigenvalue weighted by atomic mass is 10.1. The summed E-state index contributed by atoms with van der Waals surface area (Å²) in [5, 5.41) is 0. The maximum absolute atomic E-state index is 12.3. The molecule has 1 aromatic carbocycles. The predicted octanol–water partition coefficient (Wildman–Crippen LogP) is 3.45. The van der Waals surface area contributed by atoms with Gasteiger partial charge in [0.25, 0.3) is 0 Å². The number of esters is 1. The number of hydrogen-bond acceptors (Lipinski definition) is 7. The molecule has 0 aliphatic carbocycles. The van der Waals surface area contributed by atoms with Gasteiger partial charge >= 0.3 is 5.97 Å². The maximum Gasteiger partial charge on any atom is 0.358 e. The van der Waals surface area contributed by atoms with Crippen LogP contribution in [0.1, 0.15) is 28.9 Å². The fraction of sp³-hybridized carbons (Fsp3) is 0.273. The Morgan fingerprint density at radius 3 is 2.66 bits per heavy atom. The number of benzene rings is 1. The summed E-state index contributed by atoms with van der Waals surface area (Å²) in [4.78, 5) is 24.7. The van der Waals surface area contributed by atoms with Crippen molar-refractivity contribution in [3.63, 3.8) is 0 Å². The molecule has 3 aromatic rings. The molecule has 0 N–H and O–H groups in total. The normalized spacial score (nSPS) is 14.3. The third kappa shape index (κ3) is 5.14. The van der Waals surface area contributed by atoms with Crippen LogP contribution in [-0.2, 0) is 16.1 Å². The molecule has 0 bridgehead atoms. The van der Waals surface area contributed by atoms with Gasteiger partial charge in [0, 0.05) is 25.2 Å². The molecular formula is C22H21N3O4. The molecule has 148 valence electrons. The predicted molar refractivity (Wildman–Crippen MR) is 105 cm³/mol. The van der Waals surface area contributed by atoms with Gasteiger partial charge in [0.2, 0.25) is 5.88 Å². The van der Waals surface area contributed by atoms with E-state index in [4.69, 9.17) is 14.2 Å². The van der Waals surface area contributed by atoms with Gasteiger partial charge < -0.3 is 14.2 Å². The number of rotatable bonds is 6. The van der Waals surface area contributed by atoms with Crippen LogP contribution in [0.5, 0.6) is 5.88 Å². The summed E-state index contributed by atoms with van der Waals surface area (Å²) in [6, 6.07) is 11.7. The van der Waals surface area contributed by atoms with E-state index >= 15 is 0 Å². The molecule has 7 nitrogen and oxygen atoms in total. The molecule has 1 fully saturated rings. The minimum atomic E-state index is -0.526. The summed E-state index contributed by atoms with van der Waals surface area (Å²) in [7, 11) is 0. The van der Waals surface area contributed by atoms with Crippen molar-refractivity contribution in [1.82, 2.24) is 15.0 Å². The van der Waals surface area contributed by atoms with E-state index in [-0.39, 0.29) is 18.4 Å². The molecule has 0 amide bonds. The molecule has 0 atom stereocenters. The number of pyridine rings is 1. The zero-order valence-corrected chi connectivity index (χ0v) is 15.9.